The molecular weight excluding hydrogens is 240 g/mol. The lowest BCUT2D eigenvalue weighted by Gasteiger charge is -2.18. The van der Waals surface area contributed by atoms with Crippen molar-refractivity contribution in [1.82, 2.24) is 10.6 Å². The summed E-state index contributed by atoms with van der Waals surface area (Å²) in [6, 6.07) is 6.70. The summed E-state index contributed by atoms with van der Waals surface area (Å²) in [5, 5.41) is 6.08. The zero-order chi connectivity index (χ0) is 13.7. The first kappa shape index (κ1) is 13.9. The van der Waals surface area contributed by atoms with E-state index in [1.807, 2.05) is 0 Å². The van der Waals surface area contributed by atoms with Gasteiger partial charge in [-0.15, -0.1) is 0 Å². The van der Waals surface area contributed by atoms with Crippen molar-refractivity contribution in [1.29, 1.82) is 0 Å². The van der Waals surface area contributed by atoms with Crippen molar-refractivity contribution < 1.29 is 9.53 Å². The Morgan fingerprint density at radius 2 is 2.32 bits per heavy atom. The Hall–Kier alpha value is -1.55. The molecule has 1 amide bonds. The van der Waals surface area contributed by atoms with Gasteiger partial charge >= 0.3 is 0 Å². The molecule has 0 aromatic heterocycles. The average Bonchev–Trinajstić information content (AvgIpc) is 2.90. The molecule has 4 heteroatoms. The quantitative estimate of drug-likeness (QED) is 0.822. The largest absolute Gasteiger partial charge is 0.493 e. The topological polar surface area (TPSA) is 50.4 Å². The summed E-state index contributed by atoms with van der Waals surface area (Å²) < 4.78 is 5.52. The minimum Gasteiger partial charge on any atom is -0.493 e. The predicted molar refractivity (Wildman–Crippen MR) is 75.4 cm³/mol. The molecular formula is C15H22N2O2. The molecule has 0 bridgehead atoms. The SMILES string of the molecule is CCC(NCCC(=O)NC)c1ccc2c(c1)CCO2. The van der Waals surface area contributed by atoms with Gasteiger partial charge in [0.1, 0.15) is 5.75 Å². The number of ether oxygens (including phenoxy) is 1. The Bertz CT molecular complexity index is 446. The van der Waals surface area contributed by atoms with Gasteiger partial charge in [-0.3, -0.25) is 4.79 Å². The third-order valence-corrected chi connectivity index (χ3v) is 3.55. The minimum absolute atomic E-state index is 0.0738. The molecule has 1 heterocycles. The monoisotopic (exact) mass is 262 g/mol. The van der Waals surface area contributed by atoms with E-state index in [1.165, 1.54) is 11.1 Å². The van der Waals surface area contributed by atoms with Crippen LogP contribution in [0.25, 0.3) is 0 Å². The maximum Gasteiger partial charge on any atom is 0.221 e. The Morgan fingerprint density at radius 1 is 1.47 bits per heavy atom. The molecule has 0 saturated carbocycles. The highest BCUT2D eigenvalue weighted by atomic mass is 16.5. The summed E-state index contributed by atoms with van der Waals surface area (Å²) in [4.78, 5) is 11.2. The van der Waals surface area contributed by atoms with Gasteiger partial charge in [0.05, 0.1) is 6.61 Å². The van der Waals surface area contributed by atoms with Crippen molar-refractivity contribution in [3.8, 4) is 5.75 Å². The second-order valence-corrected chi connectivity index (χ2v) is 4.80. The van der Waals surface area contributed by atoms with Crippen molar-refractivity contribution in [3.05, 3.63) is 29.3 Å². The van der Waals surface area contributed by atoms with Crippen molar-refractivity contribution in [2.45, 2.75) is 32.2 Å². The molecule has 0 saturated heterocycles. The van der Waals surface area contributed by atoms with E-state index in [0.717, 1.165) is 25.2 Å². The summed E-state index contributed by atoms with van der Waals surface area (Å²) in [7, 11) is 1.67. The molecule has 2 rings (SSSR count). The van der Waals surface area contributed by atoms with E-state index in [4.69, 9.17) is 4.74 Å². The van der Waals surface area contributed by atoms with Crippen LogP contribution < -0.4 is 15.4 Å². The molecule has 1 atom stereocenters. The van der Waals surface area contributed by atoms with Crippen LogP contribution in [0.5, 0.6) is 5.75 Å². The molecule has 1 unspecified atom stereocenters. The van der Waals surface area contributed by atoms with Gasteiger partial charge in [0.15, 0.2) is 0 Å². The van der Waals surface area contributed by atoms with Crippen LogP contribution in [0, 0.1) is 0 Å². The molecule has 1 aromatic carbocycles. The molecule has 1 aliphatic heterocycles. The molecule has 4 nitrogen and oxygen atoms in total. The lowest BCUT2D eigenvalue weighted by atomic mass is 10.0. The van der Waals surface area contributed by atoms with Crippen LogP contribution in [0.3, 0.4) is 0 Å². The van der Waals surface area contributed by atoms with Crippen LogP contribution in [-0.4, -0.2) is 26.1 Å². The number of benzene rings is 1. The molecule has 104 valence electrons. The number of amides is 1. The number of fused-ring (bicyclic) bond motifs is 1. The van der Waals surface area contributed by atoms with Crippen molar-refractivity contribution in [3.63, 3.8) is 0 Å². The predicted octanol–water partition coefficient (Wildman–Crippen LogP) is 1.80. The number of carbonyl (C=O) groups excluding carboxylic acids is 1. The van der Waals surface area contributed by atoms with Crippen LogP contribution in [0.4, 0.5) is 0 Å². The number of hydrogen-bond acceptors (Lipinski definition) is 3. The minimum atomic E-state index is 0.0738. The molecule has 2 N–H and O–H groups in total. The van der Waals surface area contributed by atoms with Crippen LogP contribution in [0.15, 0.2) is 18.2 Å². The fourth-order valence-corrected chi connectivity index (χ4v) is 2.41. The van der Waals surface area contributed by atoms with Crippen LogP contribution in [0.2, 0.25) is 0 Å². The maximum absolute atomic E-state index is 11.2. The second-order valence-electron chi connectivity index (χ2n) is 4.80. The number of nitrogens with one attached hydrogen (secondary N) is 2. The van der Waals surface area contributed by atoms with E-state index >= 15 is 0 Å². The first-order valence-electron chi connectivity index (χ1n) is 6.94. The Morgan fingerprint density at radius 3 is 3.05 bits per heavy atom. The third kappa shape index (κ3) is 3.47. The fraction of sp³-hybridized carbons (Fsp3) is 0.533. The maximum atomic E-state index is 11.2. The number of rotatable bonds is 6. The van der Waals surface area contributed by atoms with Gasteiger partial charge in [0.25, 0.3) is 0 Å². The first-order valence-corrected chi connectivity index (χ1v) is 6.94. The standard InChI is InChI=1S/C15H22N2O2/c1-3-13(17-8-6-15(18)16-2)11-4-5-14-12(10-11)7-9-19-14/h4-5,10,13,17H,3,6-9H2,1-2H3,(H,16,18). The van der Waals surface area contributed by atoms with E-state index in [-0.39, 0.29) is 5.91 Å². The summed E-state index contributed by atoms with van der Waals surface area (Å²) in [6.07, 6.45) is 2.52. The fourth-order valence-electron chi connectivity index (χ4n) is 2.41. The second kappa shape index (κ2) is 6.57. The average molecular weight is 262 g/mol. The van der Waals surface area contributed by atoms with Gasteiger partial charge in [-0.25, -0.2) is 0 Å². The summed E-state index contributed by atoms with van der Waals surface area (Å²) in [5.74, 6) is 1.09. The summed E-state index contributed by atoms with van der Waals surface area (Å²) in [5.41, 5.74) is 2.58. The highest BCUT2D eigenvalue weighted by Gasteiger charge is 2.15. The van der Waals surface area contributed by atoms with Gasteiger partial charge in [-0.05, 0) is 23.6 Å². The number of hydrogen-bond donors (Lipinski definition) is 2. The molecule has 0 radical (unpaired) electrons. The van der Waals surface area contributed by atoms with E-state index in [9.17, 15) is 4.79 Å². The molecule has 1 aromatic rings. The van der Waals surface area contributed by atoms with Gasteiger partial charge < -0.3 is 15.4 Å². The van der Waals surface area contributed by atoms with Crippen molar-refractivity contribution in [2.75, 3.05) is 20.2 Å². The highest BCUT2D eigenvalue weighted by molar-refractivity contribution is 5.75. The molecule has 0 spiro atoms. The van der Waals surface area contributed by atoms with E-state index < -0.39 is 0 Å². The number of carbonyl (C=O) groups is 1. The van der Waals surface area contributed by atoms with Gasteiger partial charge in [0, 0.05) is 32.5 Å². The third-order valence-electron chi connectivity index (χ3n) is 3.55. The smallest absolute Gasteiger partial charge is 0.221 e. The molecule has 1 aliphatic rings. The van der Waals surface area contributed by atoms with E-state index in [0.29, 0.717) is 19.0 Å². The van der Waals surface area contributed by atoms with E-state index in [1.54, 1.807) is 7.05 Å². The lowest BCUT2D eigenvalue weighted by molar-refractivity contribution is -0.120. The van der Waals surface area contributed by atoms with Gasteiger partial charge in [-0.1, -0.05) is 19.1 Å². The molecule has 0 aliphatic carbocycles. The molecule has 0 fully saturated rings. The summed E-state index contributed by atoms with van der Waals surface area (Å²) >= 11 is 0. The Balaban J connectivity index is 1.95. The molecule has 19 heavy (non-hydrogen) atoms. The van der Waals surface area contributed by atoms with Crippen molar-refractivity contribution in [2.24, 2.45) is 0 Å². The Kier molecular flexibility index (Phi) is 4.80. The first-order chi connectivity index (χ1) is 9.24. The van der Waals surface area contributed by atoms with Crippen molar-refractivity contribution >= 4 is 5.91 Å². The lowest BCUT2D eigenvalue weighted by Crippen LogP contribution is -2.27. The van der Waals surface area contributed by atoms with E-state index in [2.05, 4.69) is 35.8 Å². The zero-order valence-corrected chi connectivity index (χ0v) is 11.7. The van der Waals surface area contributed by atoms with Crippen LogP contribution >= 0.6 is 0 Å². The highest BCUT2D eigenvalue weighted by Crippen LogP contribution is 2.29. The Labute approximate surface area is 114 Å². The van der Waals surface area contributed by atoms with Gasteiger partial charge in [0.2, 0.25) is 5.91 Å². The van der Waals surface area contributed by atoms with Gasteiger partial charge in [-0.2, -0.15) is 0 Å². The zero-order valence-electron chi connectivity index (χ0n) is 11.7. The van der Waals surface area contributed by atoms with Crippen LogP contribution in [0.1, 0.15) is 36.9 Å². The summed E-state index contributed by atoms with van der Waals surface area (Å²) in [6.45, 7) is 3.65. The van der Waals surface area contributed by atoms with Crippen LogP contribution in [-0.2, 0) is 11.2 Å². The normalized spacial score (nSPS) is 14.6.